The van der Waals surface area contributed by atoms with Crippen molar-refractivity contribution in [3.63, 3.8) is 0 Å². The smallest absolute Gasteiger partial charge is 0.259 e. The van der Waals surface area contributed by atoms with E-state index in [0.717, 1.165) is 45.6 Å². The average molecular weight is 511 g/mol. The normalized spacial score (nSPS) is 16.2. The van der Waals surface area contributed by atoms with Crippen LogP contribution in [-0.4, -0.2) is 17.2 Å². The maximum absolute atomic E-state index is 13.4. The van der Waals surface area contributed by atoms with Crippen molar-refractivity contribution < 1.29 is 9.90 Å². The Kier molecular flexibility index (Phi) is 6.54. The number of nitrogens with zero attached hydrogens (tertiary/aromatic N) is 1. The molecular weight excluding hydrogens is 484 g/mol. The van der Waals surface area contributed by atoms with Gasteiger partial charge < -0.3 is 10.4 Å². The molecule has 1 heterocycles. The second-order valence-corrected chi connectivity index (χ2v) is 11.3. The van der Waals surface area contributed by atoms with Crippen molar-refractivity contribution >= 4 is 50.1 Å². The fraction of sp³-hybridized carbons (Fsp3) is 0.308. The zero-order valence-corrected chi connectivity index (χ0v) is 20.9. The maximum atomic E-state index is 13.4. The van der Waals surface area contributed by atoms with E-state index in [-0.39, 0.29) is 17.1 Å². The highest BCUT2D eigenvalue weighted by Crippen LogP contribution is 2.45. The molecule has 0 fully saturated rings. The highest BCUT2D eigenvalue weighted by Gasteiger charge is 2.33. The first-order valence-corrected chi connectivity index (χ1v) is 12.4. The number of thiophene rings is 1. The van der Waals surface area contributed by atoms with Gasteiger partial charge in [0.1, 0.15) is 10.8 Å². The SMILES string of the molecule is CC(C)(C)[C@H]1CCc2c(sc(N=Cc3ccc(O)cc3)c2C(=O)Nc2ccc(Br)cc2)C1. The molecule has 0 spiro atoms. The minimum absolute atomic E-state index is 0.114. The summed E-state index contributed by atoms with van der Waals surface area (Å²) < 4.78 is 0.968. The summed E-state index contributed by atoms with van der Waals surface area (Å²) in [6.45, 7) is 6.88. The van der Waals surface area contributed by atoms with Crippen molar-refractivity contribution in [2.75, 3.05) is 5.32 Å². The van der Waals surface area contributed by atoms with Crippen LogP contribution in [0.2, 0.25) is 0 Å². The first kappa shape index (κ1) is 22.7. The number of aromatic hydroxyl groups is 1. The molecule has 1 aliphatic carbocycles. The van der Waals surface area contributed by atoms with Gasteiger partial charge in [-0.25, -0.2) is 4.99 Å². The Morgan fingerprint density at radius 1 is 1.16 bits per heavy atom. The molecule has 1 amide bonds. The number of benzene rings is 2. The molecule has 0 saturated heterocycles. The molecule has 1 atom stereocenters. The van der Waals surface area contributed by atoms with Crippen molar-refractivity contribution in [3.05, 3.63) is 74.6 Å². The van der Waals surface area contributed by atoms with E-state index in [2.05, 4.69) is 42.0 Å². The van der Waals surface area contributed by atoms with E-state index >= 15 is 0 Å². The maximum Gasteiger partial charge on any atom is 0.259 e. The molecule has 0 radical (unpaired) electrons. The monoisotopic (exact) mass is 510 g/mol. The van der Waals surface area contributed by atoms with Crippen LogP contribution in [0, 0.1) is 11.3 Å². The van der Waals surface area contributed by atoms with Crippen LogP contribution in [0.25, 0.3) is 0 Å². The number of carbonyl (C=O) groups excluding carboxylic acids is 1. The van der Waals surface area contributed by atoms with Crippen LogP contribution in [-0.2, 0) is 12.8 Å². The molecule has 1 aromatic heterocycles. The number of halogens is 1. The molecular formula is C26H27BrN2O2S. The number of amides is 1. The fourth-order valence-electron chi connectivity index (χ4n) is 4.06. The van der Waals surface area contributed by atoms with Crippen LogP contribution in [0.5, 0.6) is 5.75 Å². The van der Waals surface area contributed by atoms with Crippen molar-refractivity contribution in [1.82, 2.24) is 0 Å². The lowest BCUT2D eigenvalue weighted by Crippen LogP contribution is -2.27. The number of phenolic OH excluding ortho intramolecular Hbond substituents is 1. The molecule has 0 saturated carbocycles. The zero-order valence-electron chi connectivity index (χ0n) is 18.5. The molecule has 6 heteroatoms. The van der Waals surface area contributed by atoms with Crippen LogP contribution in [0.15, 0.2) is 58.0 Å². The van der Waals surface area contributed by atoms with Crippen LogP contribution in [0.1, 0.15) is 53.6 Å². The zero-order chi connectivity index (χ0) is 22.9. The molecule has 166 valence electrons. The van der Waals surface area contributed by atoms with Gasteiger partial charge in [0.15, 0.2) is 0 Å². The molecule has 4 rings (SSSR count). The van der Waals surface area contributed by atoms with Gasteiger partial charge in [-0.3, -0.25) is 4.79 Å². The fourth-order valence-corrected chi connectivity index (χ4v) is 5.59. The van der Waals surface area contributed by atoms with Crippen LogP contribution >= 0.6 is 27.3 Å². The molecule has 3 aromatic rings. The Bertz CT molecular complexity index is 1140. The van der Waals surface area contributed by atoms with E-state index < -0.39 is 0 Å². The predicted octanol–water partition coefficient (Wildman–Crippen LogP) is 7.37. The van der Waals surface area contributed by atoms with Gasteiger partial charge in [0.25, 0.3) is 5.91 Å². The highest BCUT2D eigenvalue weighted by molar-refractivity contribution is 9.10. The highest BCUT2D eigenvalue weighted by atomic mass is 79.9. The molecule has 4 nitrogen and oxygen atoms in total. The second-order valence-electron chi connectivity index (χ2n) is 9.30. The van der Waals surface area contributed by atoms with Crippen molar-refractivity contribution in [2.45, 2.75) is 40.0 Å². The van der Waals surface area contributed by atoms with E-state index in [1.807, 2.05) is 36.4 Å². The van der Waals surface area contributed by atoms with Crippen LogP contribution < -0.4 is 5.32 Å². The van der Waals surface area contributed by atoms with Gasteiger partial charge in [-0.1, -0.05) is 36.7 Å². The summed E-state index contributed by atoms with van der Waals surface area (Å²) in [7, 11) is 0. The Hall–Kier alpha value is -2.44. The van der Waals surface area contributed by atoms with Gasteiger partial charge in [0, 0.05) is 21.3 Å². The van der Waals surface area contributed by atoms with Crippen molar-refractivity contribution in [2.24, 2.45) is 16.3 Å². The number of fused-ring (bicyclic) bond motifs is 1. The second kappa shape index (κ2) is 9.20. The van der Waals surface area contributed by atoms with Crippen LogP contribution in [0.4, 0.5) is 10.7 Å². The van der Waals surface area contributed by atoms with E-state index in [4.69, 9.17) is 4.99 Å². The van der Waals surface area contributed by atoms with Gasteiger partial charge in [0.2, 0.25) is 0 Å². The van der Waals surface area contributed by atoms with Crippen molar-refractivity contribution in [1.29, 1.82) is 0 Å². The van der Waals surface area contributed by atoms with Crippen molar-refractivity contribution in [3.8, 4) is 5.75 Å². The summed E-state index contributed by atoms with van der Waals surface area (Å²) in [6, 6.07) is 14.5. The Morgan fingerprint density at radius 2 is 1.84 bits per heavy atom. The molecule has 0 unspecified atom stereocenters. The first-order chi connectivity index (χ1) is 15.2. The third-order valence-electron chi connectivity index (χ3n) is 6.02. The van der Waals surface area contributed by atoms with E-state index in [9.17, 15) is 9.90 Å². The summed E-state index contributed by atoms with van der Waals surface area (Å²) in [6.07, 6.45) is 4.71. The molecule has 0 bridgehead atoms. The lowest BCUT2D eigenvalue weighted by Gasteiger charge is -2.33. The van der Waals surface area contributed by atoms with Gasteiger partial charge in [-0.15, -0.1) is 11.3 Å². The van der Waals surface area contributed by atoms with Crippen LogP contribution in [0.3, 0.4) is 0 Å². The summed E-state index contributed by atoms with van der Waals surface area (Å²) in [5.41, 5.74) is 3.70. The van der Waals surface area contributed by atoms with Gasteiger partial charge in [0.05, 0.1) is 5.56 Å². The summed E-state index contributed by atoms with van der Waals surface area (Å²) in [4.78, 5) is 19.4. The standard InChI is InChI=1S/C26H27BrN2O2S/c1-26(2,3)17-6-13-21-22(14-17)32-25(28-15-16-4-11-20(30)12-5-16)23(21)24(31)29-19-9-7-18(27)8-10-19/h4-5,7-12,15,17,30H,6,13-14H2,1-3H3,(H,29,31)/t17-/m0/s1. The number of rotatable bonds is 4. The number of phenols is 1. The Morgan fingerprint density at radius 3 is 2.50 bits per heavy atom. The lowest BCUT2D eigenvalue weighted by molar-refractivity contribution is 0.102. The number of hydrogen-bond donors (Lipinski definition) is 2. The van der Waals surface area contributed by atoms with E-state index in [1.54, 1.807) is 29.7 Å². The summed E-state index contributed by atoms with van der Waals surface area (Å²) in [5.74, 6) is 0.693. The quantitative estimate of drug-likeness (QED) is 0.359. The summed E-state index contributed by atoms with van der Waals surface area (Å²) in [5, 5.41) is 13.3. The summed E-state index contributed by atoms with van der Waals surface area (Å²) >= 11 is 5.06. The minimum atomic E-state index is -0.114. The first-order valence-electron chi connectivity index (χ1n) is 10.8. The topological polar surface area (TPSA) is 61.7 Å². The third kappa shape index (κ3) is 5.13. The molecule has 0 aliphatic heterocycles. The van der Waals surface area contributed by atoms with E-state index in [0.29, 0.717) is 11.5 Å². The number of anilines is 1. The van der Waals surface area contributed by atoms with Gasteiger partial charge >= 0.3 is 0 Å². The Balaban J connectivity index is 1.69. The molecule has 32 heavy (non-hydrogen) atoms. The number of nitrogens with one attached hydrogen (secondary N) is 1. The number of hydrogen-bond acceptors (Lipinski definition) is 4. The number of aliphatic imine (C=N–C) groups is 1. The Labute approximate surface area is 201 Å². The minimum Gasteiger partial charge on any atom is -0.508 e. The molecule has 2 N–H and O–H groups in total. The molecule has 2 aromatic carbocycles. The number of carbonyl (C=O) groups is 1. The average Bonchev–Trinajstić information content (AvgIpc) is 3.12. The predicted molar refractivity (Wildman–Crippen MR) is 137 cm³/mol. The van der Waals surface area contributed by atoms with Gasteiger partial charge in [-0.2, -0.15) is 0 Å². The lowest BCUT2D eigenvalue weighted by atomic mass is 9.72. The van der Waals surface area contributed by atoms with E-state index in [1.165, 1.54) is 4.88 Å². The largest absolute Gasteiger partial charge is 0.508 e. The van der Waals surface area contributed by atoms with Gasteiger partial charge in [-0.05, 0) is 90.3 Å². The molecule has 1 aliphatic rings. The third-order valence-corrected chi connectivity index (χ3v) is 7.72.